The van der Waals surface area contributed by atoms with Crippen LogP contribution in [0.5, 0.6) is 0 Å². The molecular formula is C46H29NO2. The lowest BCUT2D eigenvalue weighted by atomic mass is 10.00. The Morgan fingerprint density at radius 2 is 1.20 bits per heavy atom. The summed E-state index contributed by atoms with van der Waals surface area (Å²) >= 11 is 0. The van der Waals surface area contributed by atoms with Crippen molar-refractivity contribution in [3.05, 3.63) is 176 Å². The average Bonchev–Trinajstić information content (AvgIpc) is 3.79. The van der Waals surface area contributed by atoms with Crippen LogP contribution in [0.3, 0.4) is 0 Å². The molecule has 0 aliphatic carbocycles. The quantitative estimate of drug-likeness (QED) is 0.189. The van der Waals surface area contributed by atoms with Crippen LogP contribution in [0.25, 0.3) is 76.9 Å². The highest BCUT2D eigenvalue weighted by Crippen LogP contribution is 2.46. The Morgan fingerprint density at radius 1 is 0.469 bits per heavy atom. The molecule has 0 spiro atoms. The lowest BCUT2D eigenvalue weighted by molar-refractivity contribution is 0.670. The van der Waals surface area contributed by atoms with Crippen molar-refractivity contribution in [2.75, 3.05) is 4.90 Å². The van der Waals surface area contributed by atoms with Gasteiger partial charge in [0.15, 0.2) is 0 Å². The molecule has 230 valence electrons. The summed E-state index contributed by atoms with van der Waals surface area (Å²) in [6.07, 6.45) is 0. The third-order valence-corrected chi connectivity index (χ3v) is 9.33. The van der Waals surface area contributed by atoms with Crippen LogP contribution in [0.2, 0.25) is 0 Å². The summed E-state index contributed by atoms with van der Waals surface area (Å²) in [5.41, 5.74) is 6.93. The van der Waals surface area contributed by atoms with Gasteiger partial charge in [0.25, 0.3) is 0 Å². The summed E-state index contributed by atoms with van der Waals surface area (Å²) in [5.74, 6) is 0. The third kappa shape index (κ3) is 4.44. The van der Waals surface area contributed by atoms with Crippen LogP contribution in [0.1, 0.15) is 5.48 Å². The molecule has 10 rings (SSSR count). The number of nitrogens with zero attached hydrogens (tertiary/aromatic N) is 1. The second-order valence-corrected chi connectivity index (χ2v) is 12.2. The van der Waals surface area contributed by atoms with E-state index in [1.165, 1.54) is 0 Å². The second-order valence-electron chi connectivity index (χ2n) is 12.2. The first kappa shape index (κ1) is 23.7. The normalized spacial score (nSPS) is 12.8. The third-order valence-electron chi connectivity index (χ3n) is 9.33. The Kier molecular flexibility index (Phi) is 5.32. The van der Waals surface area contributed by atoms with Gasteiger partial charge in [-0.15, -0.1) is 0 Å². The van der Waals surface area contributed by atoms with E-state index >= 15 is 0 Å². The summed E-state index contributed by atoms with van der Waals surface area (Å²) in [6.45, 7) is 0. The first-order chi connectivity index (χ1) is 26.0. The second kappa shape index (κ2) is 11.0. The zero-order chi connectivity index (χ0) is 35.8. The van der Waals surface area contributed by atoms with Crippen molar-refractivity contribution in [3.63, 3.8) is 0 Å². The van der Waals surface area contributed by atoms with Crippen molar-refractivity contribution in [1.82, 2.24) is 0 Å². The molecule has 2 aromatic heterocycles. The lowest BCUT2D eigenvalue weighted by Gasteiger charge is -2.27. The van der Waals surface area contributed by atoms with E-state index in [9.17, 15) is 5.48 Å². The molecule has 0 fully saturated rings. The molecule has 0 aliphatic rings. The number of benzene rings is 8. The Bertz CT molecular complexity index is 3070. The Morgan fingerprint density at radius 3 is 2.14 bits per heavy atom. The fourth-order valence-electron chi connectivity index (χ4n) is 7.09. The van der Waals surface area contributed by atoms with E-state index in [1.807, 2.05) is 132 Å². The number of hydrogen-bond acceptors (Lipinski definition) is 3. The maximum absolute atomic E-state index is 9.93. The summed E-state index contributed by atoms with van der Waals surface area (Å²) in [5, 5.41) is 5.54. The minimum Gasteiger partial charge on any atom is -0.455 e. The number of rotatable bonds is 5. The molecule has 3 heteroatoms. The zero-order valence-electron chi connectivity index (χ0n) is 30.2. The molecule has 0 unspecified atom stereocenters. The Balaban J connectivity index is 1.31. The van der Waals surface area contributed by atoms with Crippen LogP contribution in [-0.4, -0.2) is 0 Å². The van der Waals surface area contributed by atoms with Crippen LogP contribution >= 0.6 is 0 Å². The number of furan rings is 2. The molecule has 0 N–H and O–H groups in total. The number of hydrogen-bond donors (Lipinski definition) is 0. The predicted molar refractivity (Wildman–Crippen MR) is 204 cm³/mol. The van der Waals surface area contributed by atoms with E-state index in [0.29, 0.717) is 33.7 Å². The molecule has 0 bridgehead atoms. The van der Waals surface area contributed by atoms with Gasteiger partial charge in [-0.1, -0.05) is 127 Å². The van der Waals surface area contributed by atoms with E-state index in [4.69, 9.17) is 8.83 Å². The monoisotopic (exact) mass is 631 g/mol. The smallest absolute Gasteiger partial charge is 0.143 e. The lowest BCUT2D eigenvalue weighted by Crippen LogP contribution is -2.10. The van der Waals surface area contributed by atoms with Crippen molar-refractivity contribution >= 4 is 71.7 Å². The maximum atomic E-state index is 9.93. The molecule has 3 nitrogen and oxygen atoms in total. The van der Waals surface area contributed by atoms with Crippen molar-refractivity contribution in [3.8, 4) is 22.3 Å². The van der Waals surface area contributed by atoms with E-state index in [0.717, 1.165) is 49.0 Å². The molecule has 0 amide bonds. The van der Waals surface area contributed by atoms with E-state index in [1.54, 1.807) is 0 Å². The summed E-state index contributed by atoms with van der Waals surface area (Å²) in [7, 11) is 0. The van der Waals surface area contributed by atoms with Crippen LogP contribution in [-0.2, 0) is 0 Å². The molecule has 0 saturated carbocycles. The molecular weight excluding hydrogens is 599 g/mol. The van der Waals surface area contributed by atoms with Gasteiger partial charge in [-0.05, 0) is 70.6 Å². The van der Waals surface area contributed by atoms with Crippen molar-refractivity contribution in [2.45, 2.75) is 0 Å². The maximum Gasteiger partial charge on any atom is 0.143 e. The number of anilines is 3. The van der Waals surface area contributed by atoms with Gasteiger partial charge < -0.3 is 13.7 Å². The Hall–Kier alpha value is -6.58. The first-order valence-corrected chi connectivity index (χ1v) is 16.3. The summed E-state index contributed by atoms with van der Waals surface area (Å²) < 4.78 is 50.8. The van der Waals surface area contributed by atoms with Gasteiger partial charge in [0, 0.05) is 38.5 Å². The minimum absolute atomic E-state index is 0.0516. The largest absolute Gasteiger partial charge is 0.455 e. The van der Waals surface area contributed by atoms with E-state index in [2.05, 4.69) is 24.3 Å². The van der Waals surface area contributed by atoms with Gasteiger partial charge in [-0.25, -0.2) is 0 Å². The van der Waals surface area contributed by atoms with Crippen LogP contribution < -0.4 is 4.90 Å². The highest BCUT2D eigenvalue weighted by atomic mass is 16.3. The Labute approximate surface area is 288 Å². The van der Waals surface area contributed by atoms with Gasteiger partial charge in [0.05, 0.1) is 16.6 Å². The molecule has 8 aromatic carbocycles. The SMILES string of the molecule is [2H]c1c([2H])c(-c2cccc3c2oc2ccccc23)c([2H])c(N(c2cccc(-c3ccccc3)c2)c2cccc3oc4c5ccccc5ccc4c23)c1[2H]. The molecule has 10 aromatic rings. The van der Waals surface area contributed by atoms with Crippen molar-refractivity contribution < 1.29 is 14.3 Å². The van der Waals surface area contributed by atoms with Crippen LogP contribution in [0.15, 0.2) is 185 Å². The van der Waals surface area contributed by atoms with Gasteiger partial charge in [-0.2, -0.15) is 0 Å². The average molecular weight is 632 g/mol. The van der Waals surface area contributed by atoms with Gasteiger partial charge in [0.1, 0.15) is 22.3 Å². The van der Waals surface area contributed by atoms with Gasteiger partial charge >= 0.3 is 0 Å². The molecule has 0 saturated heterocycles. The predicted octanol–water partition coefficient (Wildman–Crippen LogP) is 13.4. The first-order valence-electron chi connectivity index (χ1n) is 18.3. The van der Waals surface area contributed by atoms with Crippen LogP contribution in [0, 0.1) is 0 Å². The zero-order valence-corrected chi connectivity index (χ0v) is 26.2. The molecule has 2 heterocycles. The van der Waals surface area contributed by atoms with Gasteiger partial charge in [0.2, 0.25) is 0 Å². The standard InChI is InChI=1S/C46H29NO2/c1-2-12-30(13-3-1)32-15-8-17-34(28-32)47(41-23-11-25-43-44(41)40-27-26-31-14-4-5-19-36(31)46(40)49-43)35-18-9-16-33(29-35)37-21-10-22-39-38-20-6-7-24-42(38)48-45(37)39/h1-29H/i9D,16D,18D,29D. The fourth-order valence-corrected chi connectivity index (χ4v) is 7.09. The fraction of sp³-hybridized carbons (Fsp3) is 0. The number of fused-ring (bicyclic) bond motifs is 8. The van der Waals surface area contributed by atoms with Crippen molar-refractivity contribution in [1.29, 1.82) is 0 Å². The summed E-state index contributed by atoms with van der Waals surface area (Å²) in [4.78, 5) is 1.89. The van der Waals surface area contributed by atoms with Crippen molar-refractivity contribution in [2.24, 2.45) is 0 Å². The number of para-hydroxylation sites is 2. The minimum atomic E-state index is -0.279. The van der Waals surface area contributed by atoms with E-state index in [-0.39, 0.29) is 35.4 Å². The van der Waals surface area contributed by atoms with Gasteiger partial charge in [-0.3, -0.25) is 0 Å². The highest BCUT2D eigenvalue weighted by Gasteiger charge is 2.22. The molecule has 0 aliphatic heterocycles. The topological polar surface area (TPSA) is 29.5 Å². The van der Waals surface area contributed by atoms with Crippen LogP contribution in [0.4, 0.5) is 17.1 Å². The molecule has 0 atom stereocenters. The highest BCUT2D eigenvalue weighted by molar-refractivity contribution is 6.19. The molecule has 0 radical (unpaired) electrons. The van der Waals surface area contributed by atoms with E-state index < -0.39 is 0 Å². The molecule has 49 heavy (non-hydrogen) atoms. The summed E-state index contributed by atoms with van der Waals surface area (Å²) in [6, 6.07) is 48.9.